The molecule has 114 valence electrons. The minimum Gasteiger partial charge on any atom is -0.356 e. The van der Waals surface area contributed by atoms with Crippen LogP contribution in [0.4, 0.5) is 4.39 Å². The summed E-state index contributed by atoms with van der Waals surface area (Å²) in [4.78, 5) is 6.27. The Morgan fingerprint density at radius 1 is 1.30 bits per heavy atom. The maximum Gasteiger partial charge on any atom is 0.191 e. The van der Waals surface area contributed by atoms with Gasteiger partial charge in [-0.3, -0.25) is 4.99 Å². The average molecular weight is 394 g/mol. The molecule has 0 bridgehead atoms. The molecule has 1 aromatic rings. The molecule has 0 aliphatic rings. The molecule has 2 N–H and O–H groups in total. The molecule has 0 unspecified atom stereocenters. The summed E-state index contributed by atoms with van der Waals surface area (Å²) in [5.41, 5.74) is 0.899. The Kier molecular flexibility index (Phi) is 10.4. The molecule has 0 radical (unpaired) electrons. The summed E-state index contributed by atoms with van der Waals surface area (Å²) in [6.07, 6.45) is 1.05. The fourth-order valence-corrected chi connectivity index (χ4v) is 1.66. The first-order valence-electron chi connectivity index (χ1n) is 6.45. The van der Waals surface area contributed by atoms with Crippen molar-refractivity contribution in [2.75, 3.05) is 34.2 Å². The van der Waals surface area contributed by atoms with Crippen LogP contribution in [0.5, 0.6) is 0 Å². The normalized spacial score (nSPS) is 11.2. The van der Waals surface area contributed by atoms with Crippen LogP contribution < -0.4 is 10.6 Å². The Morgan fingerprint density at radius 2 is 2.05 bits per heavy atom. The van der Waals surface area contributed by atoms with E-state index in [2.05, 4.69) is 34.6 Å². The van der Waals surface area contributed by atoms with Gasteiger partial charge in [-0.2, -0.15) is 0 Å². The third-order valence-corrected chi connectivity index (χ3v) is 2.65. The van der Waals surface area contributed by atoms with Gasteiger partial charge >= 0.3 is 0 Å². The summed E-state index contributed by atoms with van der Waals surface area (Å²) in [6, 6.07) is 6.55. The molecule has 0 amide bonds. The molecule has 0 fully saturated rings. The smallest absolute Gasteiger partial charge is 0.191 e. The van der Waals surface area contributed by atoms with Crippen LogP contribution in [0.3, 0.4) is 0 Å². The first-order chi connectivity index (χ1) is 9.11. The molecule has 1 rings (SSSR count). The Balaban J connectivity index is 0.00000361. The van der Waals surface area contributed by atoms with Gasteiger partial charge in [0.1, 0.15) is 5.82 Å². The van der Waals surface area contributed by atoms with E-state index in [1.807, 2.05) is 6.07 Å². The van der Waals surface area contributed by atoms with Gasteiger partial charge in [0, 0.05) is 20.1 Å². The lowest BCUT2D eigenvalue weighted by molar-refractivity contribution is 0.399. The minimum absolute atomic E-state index is 0. The van der Waals surface area contributed by atoms with Gasteiger partial charge < -0.3 is 15.5 Å². The van der Waals surface area contributed by atoms with Gasteiger partial charge in [-0.15, -0.1) is 24.0 Å². The van der Waals surface area contributed by atoms with Crippen molar-refractivity contribution in [3.8, 4) is 0 Å². The number of halogens is 2. The Morgan fingerprint density at radius 3 is 2.65 bits per heavy atom. The standard InChI is InChI=1S/C14H23FN4.HI/c1-16-14(17-8-5-9-19(2)3)18-11-12-6-4-7-13(15)10-12;/h4,6-7,10H,5,8-9,11H2,1-3H3,(H2,16,17,18);1H. The van der Waals surface area contributed by atoms with E-state index in [1.54, 1.807) is 13.1 Å². The molecule has 0 aromatic heterocycles. The van der Waals surface area contributed by atoms with Gasteiger partial charge in [0.15, 0.2) is 5.96 Å². The second-order valence-electron chi connectivity index (χ2n) is 4.64. The number of guanidine groups is 1. The van der Waals surface area contributed by atoms with E-state index in [9.17, 15) is 4.39 Å². The van der Waals surface area contributed by atoms with E-state index in [0.717, 1.165) is 31.0 Å². The molecule has 0 heterocycles. The lowest BCUT2D eigenvalue weighted by atomic mass is 10.2. The molecule has 1 aromatic carbocycles. The molecule has 0 aliphatic carbocycles. The predicted octanol–water partition coefficient (Wildman–Crippen LogP) is 2.06. The summed E-state index contributed by atoms with van der Waals surface area (Å²) in [5.74, 6) is 0.524. The Bertz CT molecular complexity index is 410. The molecule has 0 atom stereocenters. The maximum absolute atomic E-state index is 13.0. The third kappa shape index (κ3) is 8.31. The number of nitrogens with zero attached hydrogens (tertiary/aromatic N) is 2. The van der Waals surface area contributed by atoms with Crippen molar-refractivity contribution in [1.29, 1.82) is 0 Å². The minimum atomic E-state index is -0.215. The fraction of sp³-hybridized carbons (Fsp3) is 0.500. The Labute approximate surface area is 137 Å². The van der Waals surface area contributed by atoms with Gasteiger partial charge in [-0.25, -0.2) is 4.39 Å². The molecule has 20 heavy (non-hydrogen) atoms. The molecular formula is C14H24FIN4. The van der Waals surface area contributed by atoms with Crippen molar-refractivity contribution in [3.63, 3.8) is 0 Å². The highest BCUT2D eigenvalue weighted by atomic mass is 127. The summed E-state index contributed by atoms with van der Waals surface area (Å²) in [7, 11) is 5.83. The van der Waals surface area contributed by atoms with Crippen molar-refractivity contribution in [2.45, 2.75) is 13.0 Å². The van der Waals surface area contributed by atoms with Crippen LogP contribution in [0.15, 0.2) is 29.3 Å². The second-order valence-corrected chi connectivity index (χ2v) is 4.64. The molecule has 0 saturated heterocycles. The lowest BCUT2D eigenvalue weighted by Gasteiger charge is -2.13. The zero-order chi connectivity index (χ0) is 14.1. The van der Waals surface area contributed by atoms with Crippen molar-refractivity contribution in [2.24, 2.45) is 4.99 Å². The highest BCUT2D eigenvalue weighted by Crippen LogP contribution is 2.02. The quantitative estimate of drug-likeness (QED) is 0.336. The molecule has 4 nitrogen and oxygen atoms in total. The van der Waals surface area contributed by atoms with Crippen molar-refractivity contribution < 1.29 is 4.39 Å². The van der Waals surface area contributed by atoms with E-state index < -0.39 is 0 Å². The Hall–Kier alpha value is -0.890. The SMILES string of the molecule is CN=C(NCCCN(C)C)NCc1cccc(F)c1.I. The van der Waals surface area contributed by atoms with Gasteiger partial charge in [0.25, 0.3) is 0 Å². The number of aliphatic imine (C=N–C) groups is 1. The monoisotopic (exact) mass is 394 g/mol. The van der Waals surface area contributed by atoms with Crippen LogP contribution in [0.25, 0.3) is 0 Å². The van der Waals surface area contributed by atoms with E-state index in [0.29, 0.717) is 6.54 Å². The number of hydrogen-bond donors (Lipinski definition) is 2. The molecular weight excluding hydrogens is 370 g/mol. The molecule has 6 heteroatoms. The molecule has 0 spiro atoms. The number of hydrogen-bond acceptors (Lipinski definition) is 2. The first kappa shape index (κ1) is 19.1. The fourth-order valence-electron chi connectivity index (χ4n) is 1.66. The van der Waals surface area contributed by atoms with Gasteiger partial charge in [0.05, 0.1) is 0 Å². The number of nitrogens with one attached hydrogen (secondary N) is 2. The van der Waals surface area contributed by atoms with E-state index in [-0.39, 0.29) is 29.8 Å². The average Bonchev–Trinajstić information content (AvgIpc) is 2.37. The van der Waals surface area contributed by atoms with Gasteiger partial charge in [-0.05, 0) is 44.8 Å². The lowest BCUT2D eigenvalue weighted by Crippen LogP contribution is -2.38. The summed E-state index contributed by atoms with van der Waals surface area (Å²) in [5, 5.41) is 6.39. The maximum atomic E-state index is 13.0. The van der Waals surface area contributed by atoms with Crippen LogP contribution in [-0.2, 0) is 6.54 Å². The third-order valence-electron chi connectivity index (χ3n) is 2.65. The van der Waals surface area contributed by atoms with Crippen molar-refractivity contribution >= 4 is 29.9 Å². The summed E-state index contributed by atoms with van der Waals surface area (Å²) in [6.45, 7) is 2.46. The van der Waals surface area contributed by atoms with Crippen LogP contribution >= 0.6 is 24.0 Å². The highest BCUT2D eigenvalue weighted by Gasteiger charge is 1.99. The second kappa shape index (κ2) is 10.8. The van der Waals surface area contributed by atoms with E-state index in [1.165, 1.54) is 12.1 Å². The zero-order valence-corrected chi connectivity index (χ0v) is 14.6. The highest BCUT2D eigenvalue weighted by molar-refractivity contribution is 14.0. The van der Waals surface area contributed by atoms with Crippen LogP contribution in [0.2, 0.25) is 0 Å². The van der Waals surface area contributed by atoms with Gasteiger partial charge in [-0.1, -0.05) is 12.1 Å². The number of rotatable bonds is 6. The number of benzene rings is 1. The van der Waals surface area contributed by atoms with Crippen LogP contribution in [0, 0.1) is 5.82 Å². The van der Waals surface area contributed by atoms with Crippen molar-refractivity contribution in [3.05, 3.63) is 35.6 Å². The van der Waals surface area contributed by atoms with Gasteiger partial charge in [0.2, 0.25) is 0 Å². The summed E-state index contributed by atoms with van der Waals surface area (Å²) >= 11 is 0. The molecule has 0 aliphatic heterocycles. The largest absolute Gasteiger partial charge is 0.356 e. The summed E-state index contributed by atoms with van der Waals surface area (Å²) < 4.78 is 13.0. The van der Waals surface area contributed by atoms with Crippen molar-refractivity contribution in [1.82, 2.24) is 15.5 Å². The first-order valence-corrected chi connectivity index (χ1v) is 6.45. The van der Waals surface area contributed by atoms with Crippen LogP contribution in [0.1, 0.15) is 12.0 Å². The topological polar surface area (TPSA) is 39.7 Å². The van der Waals surface area contributed by atoms with E-state index in [4.69, 9.17) is 0 Å². The molecule has 0 saturated carbocycles. The predicted molar refractivity (Wildman–Crippen MR) is 93.2 cm³/mol. The van der Waals surface area contributed by atoms with Crippen LogP contribution in [-0.4, -0.2) is 45.1 Å². The zero-order valence-electron chi connectivity index (χ0n) is 12.3. The van der Waals surface area contributed by atoms with E-state index >= 15 is 0 Å².